The van der Waals surface area contributed by atoms with Crippen LogP contribution < -0.4 is 20.8 Å². The Bertz CT molecular complexity index is 1240. The Hall–Kier alpha value is -3.61. The first-order chi connectivity index (χ1) is 16.3. The van der Waals surface area contributed by atoms with Gasteiger partial charge in [0.15, 0.2) is 6.10 Å². The molecule has 0 saturated heterocycles. The molecule has 3 aromatic rings. The minimum Gasteiger partial charge on any atom is -0.550 e. The fraction of sp³-hybridized carbons (Fsp3) is 0.370. The van der Waals surface area contributed by atoms with Crippen LogP contribution in [0.1, 0.15) is 38.2 Å². The van der Waals surface area contributed by atoms with E-state index in [1.807, 2.05) is 36.4 Å². The van der Waals surface area contributed by atoms with Crippen molar-refractivity contribution in [1.29, 1.82) is 0 Å². The summed E-state index contributed by atoms with van der Waals surface area (Å²) in [6, 6.07) is 14.7. The second-order valence-corrected chi connectivity index (χ2v) is 8.95. The first-order valence-corrected chi connectivity index (χ1v) is 11.6. The molecule has 7 nitrogen and oxygen atoms in total. The van der Waals surface area contributed by atoms with Crippen LogP contribution in [0, 0.1) is 18.8 Å². The third-order valence-corrected chi connectivity index (χ3v) is 6.61. The smallest absolute Gasteiger partial charge is 0.336 e. The Morgan fingerprint density at radius 3 is 2.50 bits per heavy atom. The van der Waals surface area contributed by atoms with Gasteiger partial charge in [0.25, 0.3) is 5.91 Å². The summed E-state index contributed by atoms with van der Waals surface area (Å²) in [7, 11) is 0. The van der Waals surface area contributed by atoms with Gasteiger partial charge in [0.2, 0.25) is 0 Å². The Labute approximate surface area is 197 Å². The van der Waals surface area contributed by atoms with Crippen LogP contribution in [-0.4, -0.2) is 24.5 Å². The maximum atomic E-state index is 12.6. The summed E-state index contributed by atoms with van der Waals surface area (Å²) in [5.41, 5.74) is 2.31. The van der Waals surface area contributed by atoms with E-state index < -0.39 is 17.7 Å². The molecule has 4 rings (SSSR count). The van der Waals surface area contributed by atoms with Crippen molar-refractivity contribution in [3.8, 4) is 16.9 Å². The molecule has 34 heavy (non-hydrogen) atoms. The monoisotopic (exact) mass is 462 g/mol. The maximum Gasteiger partial charge on any atom is 0.336 e. The van der Waals surface area contributed by atoms with Crippen molar-refractivity contribution in [2.75, 3.05) is 6.54 Å². The van der Waals surface area contributed by atoms with Gasteiger partial charge in [-0.2, -0.15) is 0 Å². The lowest BCUT2D eigenvalue weighted by Crippen LogP contribution is -2.40. The molecule has 7 heteroatoms. The van der Waals surface area contributed by atoms with Gasteiger partial charge in [0.05, 0.1) is 0 Å². The molecule has 0 unspecified atom stereocenters. The van der Waals surface area contributed by atoms with E-state index in [-0.39, 0.29) is 17.7 Å². The minimum atomic E-state index is -0.984. The second kappa shape index (κ2) is 10.1. The lowest BCUT2D eigenvalue weighted by molar-refractivity contribution is -0.312. The Kier molecular flexibility index (Phi) is 7.01. The number of ether oxygens (including phenoxy) is 1. The fourth-order valence-electron chi connectivity index (χ4n) is 4.56. The van der Waals surface area contributed by atoms with E-state index >= 15 is 0 Å². The minimum absolute atomic E-state index is 0.249. The highest BCUT2D eigenvalue weighted by molar-refractivity contribution is 5.95. The highest BCUT2D eigenvalue weighted by Crippen LogP contribution is 2.33. The van der Waals surface area contributed by atoms with Gasteiger partial charge in [-0.15, -0.1) is 0 Å². The molecule has 2 aromatic carbocycles. The number of carboxylic acid groups (broad SMARTS) is 1. The quantitative estimate of drug-likeness (QED) is 0.540. The van der Waals surface area contributed by atoms with Gasteiger partial charge >= 0.3 is 5.63 Å². The second-order valence-electron chi connectivity index (χ2n) is 8.95. The molecule has 1 atom stereocenters. The number of fused-ring (bicyclic) bond motifs is 1. The zero-order valence-electron chi connectivity index (χ0n) is 19.3. The van der Waals surface area contributed by atoms with Gasteiger partial charge in [-0.1, -0.05) is 30.3 Å². The molecular weight excluding hydrogens is 434 g/mol. The third-order valence-electron chi connectivity index (χ3n) is 6.61. The first kappa shape index (κ1) is 23.5. The lowest BCUT2D eigenvalue weighted by Gasteiger charge is -2.29. The molecule has 1 saturated carbocycles. The van der Waals surface area contributed by atoms with Gasteiger partial charge in [0, 0.05) is 29.5 Å². The van der Waals surface area contributed by atoms with Crippen molar-refractivity contribution < 1.29 is 23.8 Å². The van der Waals surface area contributed by atoms with Gasteiger partial charge in [0.1, 0.15) is 11.3 Å². The molecule has 0 aliphatic heterocycles. The summed E-state index contributed by atoms with van der Waals surface area (Å²) in [5.74, 6) is -0.895. The number of amides is 1. The van der Waals surface area contributed by atoms with Crippen molar-refractivity contribution >= 4 is 22.8 Å². The molecule has 0 radical (unpaired) electrons. The molecule has 1 heterocycles. The number of aryl methyl sites for hydroxylation is 1. The van der Waals surface area contributed by atoms with E-state index in [9.17, 15) is 19.5 Å². The zero-order valence-corrected chi connectivity index (χ0v) is 19.3. The van der Waals surface area contributed by atoms with Crippen LogP contribution in [0.25, 0.3) is 22.1 Å². The molecule has 178 valence electrons. The molecular formula is C27H28NO6-. The Morgan fingerprint density at radius 2 is 1.82 bits per heavy atom. The third kappa shape index (κ3) is 5.14. The summed E-state index contributed by atoms with van der Waals surface area (Å²) in [4.78, 5) is 35.9. The largest absolute Gasteiger partial charge is 0.550 e. The van der Waals surface area contributed by atoms with E-state index in [0.29, 0.717) is 36.3 Å². The topological polar surface area (TPSA) is 109 Å². The summed E-state index contributed by atoms with van der Waals surface area (Å²) < 4.78 is 11.4. The number of carbonyl (C=O) groups is 2. The van der Waals surface area contributed by atoms with Gasteiger partial charge in [-0.05, 0) is 74.6 Å². The number of carbonyl (C=O) groups excluding carboxylic acids is 2. The number of nitrogens with one attached hydrogen (secondary N) is 1. The lowest BCUT2D eigenvalue weighted by atomic mass is 9.82. The summed E-state index contributed by atoms with van der Waals surface area (Å²) in [5, 5.41) is 14.7. The number of carboxylic acids is 1. The molecule has 1 aliphatic carbocycles. The number of rotatable bonds is 7. The zero-order chi connectivity index (χ0) is 24.2. The highest BCUT2D eigenvalue weighted by atomic mass is 16.5. The average Bonchev–Trinajstić information content (AvgIpc) is 2.84. The van der Waals surface area contributed by atoms with E-state index in [0.717, 1.165) is 29.4 Å². The van der Waals surface area contributed by atoms with E-state index in [1.165, 1.54) is 6.07 Å². The Balaban J connectivity index is 1.45. The van der Waals surface area contributed by atoms with E-state index in [1.54, 1.807) is 19.9 Å². The Morgan fingerprint density at radius 1 is 1.12 bits per heavy atom. The predicted molar refractivity (Wildman–Crippen MR) is 126 cm³/mol. The molecule has 1 aromatic heterocycles. The van der Waals surface area contributed by atoms with Crippen LogP contribution in [0.2, 0.25) is 0 Å². The van der Waals surface area contributed by atoms with Crippen LogP contribution in [-0.2, 0) is 9.59 Å². The molecule has 1 aliphatic rings. The molecule has 0 bridgehead atoms. The number of hydrogen-bond donors (Lipinski definition) is 1. The number of aliphatic carboxylic acids is 1. The SMILES string of the molecule is Cc1c(O[C@@H](C)C(=O)NCC2CCC(C(=O)[O-])CC2)ccc2c(-c3ccccc3)cc(=O)oc12. The summed E-state index contributed by atoms with van der Waals surface area (Å²) >= 11 is 0. The van der Waals surface area contributed by atoms with Crippen LogP contribution >= 0.6 is 0 Å². The highest BCUT2D eigenvalue weighted by Gasteiger charge is 2.24. The average molecular weight is 463 g/mol. The van der Waals surface area contributed by atoms with Crippen LogP contribution in [0.15, 0.2) is 57.7 Å². The van der Waals surface area contributed by atoms with Crippen LogP contribution in [0.3, 0.4) is 0 Å². The molecule has 0 spiro atoms. The van der Waals surface area contributed by atoms with Crippen molar-refractivity contribution in [2.24, 2.45) is 11.8 Å². The van der Waals surface area contributed by atoms with Crippen LogP contribution in [0.5, 0.6) is 5.75 Å². The molecule has 1 fully saturated rings. The summed E-state index contributed by atoms with van der Waals surface area (Å²) in [6.07, 6.45) is 1.92. The van der Waals surface area contributed by atoms with Crippen molar-refractivity contribution in [3.05, 3.63) is 64.5 Å². The van der Waals surface area contributed by atoms with E-state index in [4.69, 9.17) is 9.15 Å². The predicted octanol–water partition coefficient (Wildman–Crippen LogP) is 3.21. The molecule has 1 N–H and O–H groups in total. The first-order valence-electron chi connectivity index (χ1n) is 11.6. The van der Waals surface area contributed by atoms with Crippen molar-refractivity contribution in [2.45, 2.75) is 45.6 Å². The molecule has 1 amide bonds. The fourth-order valence-corrected chi connectivity index (χ4v) is 4.56. The maximum absolute atomic E-state index is 12.6. The van der Waals surface area contributed by atoms with Gasteiger partial charge in [-0.25, -0.2) is 4.79 Å². The van der Waals surface area contributed by atoms with Crippen LogP contribution in [0.4, 0.5) is 0 Å². The standard InChI is InChI=1S/C27H29NO6/c1-16-23(33-17(2)26(30)28-15-18-8-10-20(11-9-18)27(31)32)13-12-21-22(14-24(29)34-25(16)21)19-6-4-3-5-7-19/h3-7,12-14,17-18,20H,8-11,15H2,1-2H3,(H,28,30)(H,31,32)/p-1/t17-,18?,20?/m0/s1. The normalized spacial score (nSPS) is 18.9. The van der Waals surface area contributed by atoms with Crippen molar-refractivity contribution in [1.82, 2.24) is 5.32 Å². The van der Waals surface area contributed by atoms with E-state index in [2.05, 4.69) is 5.32 Å². The van der Waals surface area contributed by atoms with Gasteiger partial charge < -0.3 is 24.4 Å². The summed E-state index contributed by atoms with van der Waals surface area (Å²) in [6.45, 7) is 3.95. The van der Waals surface area contributed by atoms with Gasteiger partial charge in [-0.3, -0.25) is 4.79 Å². The number of benzene rings is 2. The van der Waals surface area contributed by atoms with Crippen molar-refractivity contribution in [3.63, 3.8) is 0 Å². The number of hydrogen-bond acceptors (Lipinski definition) is 6.